The molecule has 3 heteroatoms. The molecule has 16 heavy (non-hydrogen) atoms. The number of furan rings is 1. The summed E-state index contributed by atoms with van der Waals surface area (Å²) in [6, 6.07) is 8.01. The predicted molar refractivity (Wildman–Crippen MR) is 57.0 cm³/mol. The van der Waals surface area contributed by atoms with Gasteiger partial charge in [-0.15, -0.1) is 0 Å². The Morgan fingerprint density at radius 1 is 1.38 bits per heavy atom. The third-order valence-electron chi connectivity index (χ3n) is 2.37. The highest BCUT2D eigenvalue weighted by Gasteiger charge is 2.14. The molecule has 79 valence electrons. The Morgan fingerprint density at radius 2 is 2.06 bits per heavy atom. The Labute approximate surface area is 92.9 Å². The van der Waals surface area contributed by atoms with E-state index in [0.29, 0.717) is 23.3 Å². The predicted octanol–water partition coefficient (Wildman–Crippen LogP) is 3.32. The third kappa shape index (κ3) is 1.70. The minimum atomic E-state index is -0.298. The summed E-state index contributed by atoms with van der Waals surface area (Å²) in [5.74, 6) is 0.399. The van der Waals surface area contributed by atoms with Gasteiger partial charge in [-0.2, -0.15) is 5.26 Å². The average Bonchev–Trinajstić information content (AvgIpc) is 2.73. The summed E-state index contributed by atoms with van der Waals surface area (Å²) in [5.41, 5.74) is 1.85. The fraction of sp³-hybridized carbons (Fsp3) is 0.154. The Morgan fingerprint density at radius 3 is 2.62 bits per heavy atom. The van der Waals surface area contributed by atoms with Gasteiger partial charge in [0.25, 0.3) is 0 Å². The van der Waals surface area contributed by atoms with Crippen molar-refractivity contribution in [1.82, 2.24) is 0 Å². The van der Waals surface area contributed by atoms with Crippen LogP contribution in [0, 0.1) is 23.4 Å². The van der Waals surface area contributed by atoms with Crippen LogP contribution in [-0.2, 0) is 6.42 Å². The van der Waals surface area contributed by atoms with Gasteiger partial charge in [0, 0.05) is 12.0 Å². The number of hydrogen-bond donors (Lipinski definition) is 0. The molecule has 2 nitrogen and oxygen atoms in total. The van der Waals surface area contributed by atoms with Crippen LogP contribution >= 0.6 is 0 Å². The zero-order valence-electron chi connectivity index (χ0n) is 8.75. The van der Waals surface area contributed by atoms with Crippen LogP contribution in [0.25, 0.3) is 11.1 Å². The first kappa shape index (κ1) is 10.4. The van der Waals surface area contributed by atoms with Gasteiger partial charge < -0.3 is 4.42 Å². The monoisotopic (exact) mass is 214 g/mol. The number of nitriles is 1. The Bertz CT molecular complexity index is 534. The lowest BCUT2D eigenvalue weighted by Crippen LogP contribution is -1.85. The molecule has 0 aliphatic carbocycles. The summed E-state index contributed by atoms with van der Waals surface area (Å²) >= 11 is 0. The van der Waals surface area contributed by atoms with Crippen molar-refractivity contribution in [3.63, 3.8) is 0 Å². The molecule has 0 spiro atoms. The summed E-state index contributed by atoms with van der Waals surface area (Å²) in [7, 11) is 0. The van der Waals surface area contributed by atoms with Crippen molar-refractivity contribution in [2.24, 2.45) is 0 Å². The van der Waals surface area contributed by atoms with Gasteiger partial charge in [0.1, 0.15) is 23.2 Å². The highest BCUT2D eigenvalue weighted by molar-refractivity contribution is 5.71. The second-order valence-corrected chi connectivity index (χ2v) is 3.35. The van der Waals surface area contributed by atoms with E-state index in [1.54, 1.807) is 12.1 Å². The lowest BCUT2D eigenvalue weighted by atomic mass is 10.0. The van der Waals surface area contributed by atoms with Crippen LogP contribution < -0.4 is 0 Å². The molecule has 0 aliphatic heterocycles. The number of nitrogens with zero attached hydrogens (tertiary/aromatic N) is 1. The first-order valence-electron chi connectivity index (χ1n) is 4.95. The summed E-state index contributed by atoms with van der Waals surface area (Å²) in [6.45, 7) is 1.93. The van der Waals surface area contributed by atoms with Crippen LogP contribution in [0.1, 0.15) is 18.2 Å². The van der Waals surface area contributed by atoms with Crippen molar-refractivity contribution in [3.05, 3.63) is 47.7 Å². The summed E-state index contributed by atoms with van der Waals surface area (Å²) in [6.07, 6.45) is 3.23. The van der Waals surface area contributed by atoms with E-state index in [2.05, 4.69) is 6.26 Å². The van der Waals surface area contributed by atoms with Crippen LogP contribution in [0.3, 0.4) is 0 Å². The van der Waals surface area contributed by atoms with Gasteiger partial charge in [0.2, 0.25) is 0 Å². The van der Waals surface area contributed by atoms with Gasteiger partial charge in [-0.1, -0.05) is 19.1 Å². The molecule has 0 bridgehead atoms. The summed E-state index contributed by atoms with van der Waals surface area (Å²) < 4.78 is 18.0. The van der Waals surface area contributed by atoms with E-state index < -0.39 is 0 Å². The van der Waals surface area contributed by atoms with Crippen LogP contribution in [0.15, 0.2) is 28.7 Å². The molecule has 0 N–H and O–H groups in total. The molecule has 0 saturated carbocycles. The number of rotatable bonds is 2. The quantitative estimate of drug-likeness (QED) is 0.768. The van der Waals surface area contributed by atoms with Crippen molar-refractivity contribution in [2.75, 3.05) is 0 Å². The molecular weight excluding hydrogens is 205 g/mol. The Hall–Kier alpha value is -2.08. The zero-order valence-corrected chi connectivity index (χ0v) is 8.75. The standard InChI is InChI=1S/C13H9FNO/c1-2-12-13(10(7-15)8-16-12)9-3-5-11(14)6-4-9/h3-6H,2H2,1H3. The number of hydrogen-bond acceptors (Lipinski definition) is 2. The van der Waals surface area contributed by atoms with Gasteiger partial charge in [0.05, 0.1) is 0 Å². The largest absolute Gasteiger partial charge is 0.456 e. The maximum Gasteiger partial charge on any atom is 0.189 e. The maximum atomic E-state index is 12.8. The van der Waals surface area contributed by atoms with Crippen molar-refractivity contribution >= 4 is 0 Å². The highest BCUT2D eigenvalue weighted by atomic mass is 19.1. The van der Waals surface area contributed by atoms with E-state index in [9.17, 15) is 4.39 Å². The zero-order chi connectivity index (χ0) is 11.5. The second kappa shape index (κ2) is 4.19. The van der Waals surface area contributed by atoms with E-state index in [0.717, 1.165) is 5.56 Å². The van der Waals surface area contributed by atoms with Crippen LogP contribution in [0.5, 0.6) is 0 Å². The molecule has 0 unspecified atom stereocenters. The molecule has 1 radical (unpaired) electrons. The lowest BCUT2D eigenvalue weighted by Gasteiger charge is -2.01. The first-order chi connectivity index (χ1) is 7.76. The topological polar surface area (TPSA) is 36.9 Å². The smallest absolute Gasteiger partial charge is 0.189 e. The van der Waals surface area contributed by atoms with Crippen LogP contribution in [-0.4, -0.2) is 0 Å². The Kier molecular flexibility index (Phi) is 2.74. The van der Waals surface area contributed by atoms with E-state index in [1.807, 2.05) is 13.0 Å². The normalized spacial score (nSPS) is 10.1. The minimum Gasteiger partial charge on any atom is -0.456 e. The van der Waals surface area contributed by atoms with Crippen LogP contribution in [0.2, 0.25) is 0 Å². The van der Waals surface area contributed by atoms with E-state index in [1.165, 1.54) is 12.1 Å². The molecule has 0 fully saturated rings. The molecule has 0 amide bonds. The van der Waals surface area contributed by atoms with E-state index in [-0.39, 0.29) is 5.82 Å². The Balaban J connectivity index is 2.58. The van der Waals surface area contributed by atoms with Gasteiger partial charge in [0.15, 0.2) is 6.26 Å². The molecule has 2 aromatic rings. The van der Waals surface area contributed by atoms with Gasteiger partial charge in [-0.3, -0.25) is 0 Å². The third-order valence-corrected chi connectivity index (χ3v) is 2.37. The summed E-state index contributed by atoms with van der Waals surface area (Å²) in [4.78, 5) is 0. The SMILES string of the molecule is CCc1o[c]c(C#N)c1-c1ccc(F)cc1. The lowest BCUT2D eigenvalue weighted by molar-refractivity contribution is 0.509. The number of halogens is 1. The van der Waals surface area contributed by atoms with Gasteiger partial charge in [-0.05, 0) is 17.7 Å². The van der Waals surface area contributed by atoms with Crippen molar-refractivity contribution < 1.29 is 8.81 Å². The van der Waals surface area contributed by atoms with Gasteiger partial charge in [-0.25, -0.2) is 4.39 Å². The second-order valence-electron chi connectivity index (χ2n) is 3.35. The van der Waals surface area contributed by atoms with Crippen molar-refractivity contribution in [1.29, 1.82) is 5.26 Å². The highest BCUT2D eigenvalue weighted by Crippen LogP contribution is 2.29. The molecule has 1 aromatic heterocycles. The van der Waals surface area contributed by atoms with E-state index in [4.69, 9.17) is 9.68 Å². The molecule has 1 heterocycles. The van der Waals surface area contributed by atoms with Crippen molar-refractivity contribution in [2.45, 2.75) is 13.3 Å². The molecule has 0 atom stereocenters. The fourth-order valence-electron chi connectivity index (χ4n) is 1.60. The number of benzene rings is 1. The molecular formula is C13H9FNO. The first-order valence-corrected chi connectivity index (χ1v) is 4.95. The van der Waals surface area contributed by atoms with Gasteiger partial charge >= 0.3 is 0 Å². The molecule has 0 aliphatic rings. The average molecular weight is 214 g/mol. The minimum absolute atomic E-state index is 0.298. The molecule has 1 aromatic carbocycles. The molecule has 0 saturated heterocycles. The van der Waals surface area contributed by atoms with Crippen molar-refractivity contribution in [3.8, 4) is 17.2 Å². The van der Waals surface area contributed by atoms with Crippen LogP contribution in [0.4, 0.5) is 4.39 Å². The maximum absolute atomic E-state index is 12.8. The summed E-state index contributed by atoms with van der Waals surface area (Å²) in [5, 5.41) is 8.93. The molecule has 2 rings (SSSR count). The number of aryl methyl sites for hydroxylation is 1. The van der Waals surface area contributed by atoms with E-state index >= 15 is 0 Å². The fourth-order valence-corrected chi connectivity index (χ4v) is 1.60.